The number of likely N-dealkylation sites (tertiary alicyclic amines) is 1. The Balaban J connectivity index is 1.75. The van der Waals surface area contributed by atoms with Gasteiger partial charge in [-0.2, -0.15) is 4.99 Å². The highest BCUT2D eigenvalue weighted by Crippen LogP contribution is 2.36. The Morgan fingerprint density at radius 2 is 1.78 bits per heavy atom. The van der Waals surface area contributed by atoms with E-state index in [1.165, 1.54) is 14.0 Å². The van der Waals surface area contributed by atoms with Crippen molar-refractivity contribution in [3.05, 3.63) is 64.7 Å². The molecule has 170 valence electrons. The fourth-order valence-corrected chi connectivity index (χ4v) is 4.24. The molecule has 8 nitrogen and oxygen atoms in total. The van der Waals surface area contributed by atoms with E-state index in [4.69, 9.17) is 16.2 Å². The average molecular weight is 439 g/mol. The van der Waals surface area contributed by atoms with E-state index < -0.39 is 11.5 Å². The van der Waals surface area contributed by atoms with Crippen LogP contribution in [0.25, 0.3) is 0 Å². The van der Waals surface area contributed by atoms with E-state index in [1.54, 1.807) is 35.2 Å². The molecule has 2 aromatic rings. The molecular weight excluding hydrogens is 408 g/mol. The number of piperidine rings is 1. The standard InChI is InChI=1S/C24H30N4O4/c1-15-13-19(21(29)27-23(25)26)20(32-3)14-18(15)16-9-11-28(12-10-16)22(30)24(2,31)17-7-5-4-6-8-17/h4-8,13-14,16,31H,9-12H2,1-3H3,(H4,25,26,27,29)/t24-/m0/s1. The van der Waals surface area contributed by atoms with Crippen LogP contribution in [0.2, 0.25) is 0 Å². The zero-order valence-corrected chi connectivity index (χ0v) is 18.7. The van der Waals surface area contributed by atoms with Gasteiger partial charge in [-0.25, -0.2) is 0 Å². The van der Waals surface area contributed by atoms with E-state index in [1.807, 2.05) is 19.1 Å². The van der Waals surface area contributed by atoms with Crippen LogP contribution in [0.5, 0.6) is 5.75 Å². The summed E-state index contributed by atoms with van der Waals surface area (Å²) < 4.78 is 5.42. The van der Waals surface area contributed by atoms with Gasteiger partial charge in [0.1, 0.15) is 5.75 Å². The minimum absolute atomic E-state index is 0.196. The minimum atomic E-state index is -1.57. The van der Waals surface area contributed by atoms with Crippen molar-refractivity contribution >= 4 is 17.8 Å². The number of methoxy groups -OCH3 is 1. The van der Waals surface area contributed by atoms with Gasteiger partial charge in [-0.05, 0) is 61.4 Å². The first kappa shape index (κ1) is 23.3. The molecule has 0 saturated carbocycles. The van der Waals surface area contributed by atoms with Crippen molar-refractivity contribution < 1.29 is 19.4 Å². The van der Waals surface area contributed by atoms with Crippen LogP contribution in [0.15, 0.2) is 47.5 Å². The lowest BCUT2D eigenvalue weighted by Crippen LogP contribution is -2.48. The van der Waals surface area contributed by atoms with Crippen LogP contribution in [-0.2, 0) is 10.4 Å². The number of guanidine groups is 1. The van der Waals surface area contributed by atoms with Gasteiger partial charge in [-0.1, -0.05) is 30.3 Å². The van der Waals surface area contributed by atoms with Crippen LogP contribution < -0.4 is 16.2 Å². The largest absolute Gasteiger partial charge is 0.496 e. The quantitative estimate of drug-likeness (QED) is 0.484. The lowest BCUT2D eigenvalue weighted by atomic mass is 9.85. The van der Waals surface area contributed by atoms with E-state index in [2.05, 4.69) is 4.99 Å². The molecule has 0 aliphatic carbocycles. The van der Waals surface area contributed by atoms with Crippen molar-refractivity contribution in [3.8, 4) is 5.75 Å². The van der Waals surface area contributed by atoms with E-state index in [-0.39, 0.29) is 17.8 Å². The van der Waals surface area contributed by atoms with Gasteiger partial charge in [0.2, 0.25) is 0 Å². The Hall–Kier alpha value is -3.39. The topological polar surface area (TPSA) is 131 Å². The summed E-state index contributed by atoms with van der Waals surface area (Å²) in [6, 6.07) is 12.6. The highest BCUT2D eigenvalue weighted by atomic mass is 16.5. The summed E-state index contributed by atoms with van der Waals surface area (Å²) in [6.45, 7) is 4.53. The molecule has 1 aliphatic heterocycles. The number of aliphatic imine (C=N–C) groups is 1. The molecule has 1 aliphatic rings. The third-order valence-corrected chi connectivity index (χ3v) is 6.02. The Morgan fingerprint density at radius 1 is 1.16 bits per heavy atom. The van der Waals surface area contributed by atoms with Crippen LogP contribution in [0, 0.1) is 6.92 Å². The molecule has 8 heteroatoms. The monoisotopic (exact) mass is 438 g/mol. The summed E-state index contributed by atoms with van der Waals surface area (Å²) >= 11 is 0. The molecule has 1 heterocycles. The molecule has 0 unspecified atom stereocenters. The van der Waals surface area contributed by atoms with Crippen molar-refractivity contribution in [1.82, 2.24) is 4.90 Å². The maximum absolute atomic E-state index is 13.0. The summed E-state index contributed by atoms with van der Waals surface area (Å²) in [7, 11) is 1.49. The third kappa shape index (κ3) is 4.75. The second-order valence-corrected chi connectivity index (χ2v) is 8.26. The molecule has 2 aromatic carbocycles. The first-order valence-electron chi connectivity index (χ1n) is 10.5. The van der Waals surface area contributed by atoms with Gasteiger partial charge in [-0.15, -0.1) is 0 Å². The molecule has 3 rings (SSSR count). The lowest BCUT2D eigenvalue weighted by Gasteiger charge is -2.37. The van der Waals surface area contributed by atoms with E-state index in [0.717, 1.165) is 24.0 Å². The number of carbonyl (C=O) groups excluding carboxylic acids is 2. The van der Waals surface area contributed by atoms with Gasteiger partial charge in [-0.3, -0.25) is 9.59 Å². The molecule has 5 N–H and O–H groups in total. The predicted molar refractivity (Wildman–Crippen MR) is 122 cm³/mol. The number of hydrogen-bond donors (Lipinski definition) is 3. The summed E-state index contributed by atoms with van der Waals surface area (Å²) in [6.07, 6.45) is 1.48. The number of nitrogens with two attached hydrogens (primary N) is 2. The number of hydrogen-bond acceptors (Lipinski definition) is 4. The second-order valence-electron chi connectivity index (χ2n) is 8.26. The number of carbonyl (C=O) groups is 2. The molecule has 1 atom stereocenters. The number of aliphatic hydroxyl groups is 1. The number of aryl methyl sites for hydroxylation is 1. The molecule has 0 radical (unpaired) electrons. The Kier molecular flexibility index (Phi) is 6.84. The smallest absolute Gasteiger partial charge is 0.283 e. The molecule has 1 fully saturated rings. The number of rotatable bonds is 5. The highest BCUT2D eigenvalue weighted by Gasteiger charge is 2.37. The number of amides is 2. The van der Waals surface area contributed by atoms with Gasteiger partial charge in [0, 0.05) is 13.1 Å². The summed E-state index contributed by atoms with van der Waals surface area (Å²) in [5, 5.41) is 10.9. The fourth-order valence-electron chi connectivity index (χ4n) is 4.24. The maximum Gasteiger partial charge on any atom is 0.283 e. The van der Waals surface area contributed by atoms with E-state index >= 15 is 0 Å². The zero-order valence-electron chi connectivity index (χ0n) is 18.7. The molecule has 2 amide bonds. The molecule has 0 bridgehead atoms. The van der Waals surface area contributed by atoms with E-state index in [0.29, 0.717) is 30.0 Å². The van der Waals surface area contributed by atoms with Crippen LogP contribution in [0.3, 0.4) is 0 Å². The first-order valence-corrected chi connectivity index (χ1v) is 10.5. The lowest BCUT2D eigenvalue weighted by molar-refractivity contribution is -0.151. The van der Waals surface area contributed by atoms with Gasteiger partial charge >= 0.3 is 0 Å². The minimum Gasteiger partial charge on any atom is -0.496 e. The molecule has 0 aromatic heterocycles. The molecule has 1 saturated heterocycles. The summed E-state index contributed by atoms with van der Waals surface area (Å²) in [4.78, 5) is 30.6. The van der Waals surface area contributed by atoms with Crippen LogP contribution in [0.4, 0.5) is 0 Å². The second kappa shape index (κ2) is 9.40. The molecular formula is C24H30N4O4. The van der Waals surface area contributed by atoms with Crippen LogP contribution >= 0.6 is 0 Å². The number of ether oxygens (including phenoxy) is 1. The SMILES string of the molecule is COc1cc(C2CCN(C(=O)[C@@](C)(O)c3ccccc3)CC2)c(C)cc1C(=O)N=C(N)N. The average Bonchev–Trinajstić information content (AvgIpc) is 2.78. The van der Waals surface area contributed by atoms with Crippen molar-refractivity contribution in [1.29, 1.82) is 0 Å². The number of nitrogens with zero attached hydrogens (tertiary/aromatic N) is 2. The normalized spacial score (nSPS) is 16.2. The zero-order chi connectivity index (χ0) is 23.5. The van der Waals surface area contributed by atoms with Crippen LogP contribution in [0.1, 0.15) is 52.7 Å². The van der Waals surface area contributed by atoms with Gasteiger partial charge < -0.3 is 26.2 Å². The van der Waals surface area contributed by atoms with E-state index in [9.17, 15) is 14.7 Å². The van der Waals surface area contributed by atoms with Crippen molar-refractivity contribution in [3.63, 3.8) is 0 Å². The predicted octanol–water partition coefficient (Wildman–Crippen LogP) is 2.03. The Bertz CT molecular complexity index is 1020. The fraction of sp³-hybridized carbons (Fsp3) is 0.375. The molecule has 32 heavy (non-hydrogen) atoms. The van der Waals surface area contributed by atoms with Gasteiger partial charge in [0.25, 0.3) is 11.8 Å². The maximum atomic E-state index is 13.0. The van der Waals surface area contributed by atoms with Crippen molar-refractivity contribution in [2.45, 2.75) is 38.2 Å². The molecule has 0 spiro atoms. The van der Waals surface area contributed by atoms with Crippen LogP contribution in [-0.4, -0.2) is 48.0 Å². The van der Waals surface area contributed by atoms with Gasteiger partial charge in [0.15, 0.2) is 11.6 Å². The van der Waals surface area contributed by atoms with Crippen molar-refractivity contribution in [2.24, 2.45) is 16.5 Å². The van der Waals surface area contributed by atoms with Gasteiger partial charge in [0.05, 0.1) is 12.7 Å². The van der Waals surface area contributed by atoms with Crippen molar-refractivity contribution in [2.75, 3.05) is 20.2 Å². The summed E-state index contributed by atoms with van der Waals surface area (Å²) in [5.41, 5.74) is 12.0. The highest BCUT2D eigenvalue weighted by molar-refractivity contribution is 6.03. The Labute approximate surface area is 187 Å². The summed E-state index contributed by atoms with van der Waals surface area (Å²) in [5.74, 6) is -0.551. The first-order chi connectivity index (χ1) is 15.1. The number of benzene rings is 2. The Morgan fingerprint density at radius 3 is 2.34 bits per heavy atom. The third-order valence-electron chi connectivity index (χ3n) is 6.02.